The van der Waals surface area contributed by atoms with Crippen LogP contribution in [0.3, 0.4) is 0 Å². The number of pyridine rings is 1. The van der Waals surface area contributed by atoms with Crippen LogP contribution in [0.4, 0.5) is 0 Å². The second kappa shape index (κ2) is 4.49. The fourth-order valence-electron chi connectivity index (χ4n) is 1.48. The van der Waals surface area contributed by atoms with Crippen LogP contribution in [-0.4, -0.2) is 17.6 Å². The third-order valence-electron chi connectivity index (χ3n) is 2.22. The van der Waals surface area contributed by atoms with Crippen molar-refractivity contribution in [1.82, 2.24) is 4.98 Å². The molecule has 0 fully saturated rings. The molecule has 3 nitrogen and oxygen atoms in total. The number of nitrogens with zero attached hydrogens (tertiary/aromatic N) is 2. The minimum absolute atomic E-state index is 0.476. The minimum atomic E-state index is 0.476. The molecule has 0 aliphatic heterocycles. The van der Waals surface area contributed by atoms with E-state index in [1.165, 1.54) is 6.08 Å². The van der Waals surface area contributed by atoms with Gasteiger partial charge in [0.1, 0.15) is 0 Å². The summed E-state index contributed by atoms with van der Waals surface area (Å²) in [4.78, 5) is 17.7. The molecule has 0 saturated heterocycles. The van der Waals surface area contributed by atoms with Crippen molar-refractivity contribution in [2.45, 2.75) is 6.42 Å². The fourth-order valence-corrected chi connectivity index (χ4v) is 1.48. The molecule has 0 radical (unpaired) electrons. The number of hydrogen-bond acceptors (Lipinski definition) is 3. The molecule has 2 aromatic rings. The zero-order chi connectivity index (χ0) is 10.5. The zero-order valence-corrected chi connectivity index (χ0v) is 8.18. The van der Waals surface area contributed by atoms with Gasteiger partial charge in [0, 0.05) is 11.6 Å². The van der Waals surface area contributed by atoms with Crippen LogP contribution in [0.1, 0.15) is 5.56 Å². The summed E-state index contributed by atoms with van der Waals surface area (Å²) in [5.41, 5.74) is 2.08. The Morgan fingerprint density at radius 3 is 3.07 bits per heavy atom. The molecular weight excluding hydrogens is 188 g/mol. The Bertz CT molecular complexity index is 516. The SMILES string of the molecule is O=C=NCCc1cnc2ccccc2c1. The smallest absolute Gasteiger partial charge is 0.234 e. The van der Waals surface area contributed by atoms with Crippen molar-refractivity contribution in [2.24, 2.45) is 4.99 Å². The molecule has 0 atom stereocenters. The molecule has 0 N–H and O–H groups in total. The zero-order valence-electron chi connectivity index (χ0n) is 8.18. The van der Waals surface area contributed by atoms with Crippen molar-refractivity contribution in [1.29, 1.82) is 0 Å². The molecular formula is C12H10N2O. The number of rotatable bonds is 3. The van der Waals surface area contributed by atoms with Gasteiger partial charge in [-0.25, -0.2) is 9.79 Å². The highest BCUT2D eigenvalue weighted by molar-refractivity contribution is 5.78. The van der Waals surface area contributed by atoms with Crippen LogP contribution < -0.4 is 0 Å². The predicted octanol–water partition coefficient (Wildman–Crippen LogP) is 2.11. The second-order valence-corrected chi connectivity index (χ2v) is 3.26. The van der Waals surface area contributed by atoms with Gasteiger partial charge in [0.2, 0.25) is 6.08 Å². The average Bonchev–Trinajstić information content (AvgIpc) is 2.29. The Hall–Kier alpha value is -1.99. The third kappa shape index (κ3) is 2.27. The van der Waals surface area contributed by atoms with Crippen LogP contribution in [0.2, 0.25) is 0 Å². The maximum atomic E-state index is 9.90. The summed E-state index contributed by atoms with van der Waals surface area (Å²) < 4.78 is 0. The van der Waals surface area contributed by atoms with Gasteiger partial charge in [-0.1, -0.05) is 18.2 Å². The Labute approximate surface area is 87.5 Å². The van der Waals surface area contributed by atoms with Crippen LogP contribution in [-0.2, 0) is 11.2 Å². The van der Waals surface area contributed by atoms with Crippen molar-refractivity contribution in [2.75, 3.05) is 6.54 Å². The summed E-state index contributed by atoms with van der Waals surface area (Å²) in [6.07, 6.45) is 4.08. The van der Waals surface area contributed by atoms with E-state index in [-0.39, 0.29) is 0 Å². The lowest BCUT2D eigenvalue weighted by Crippen LogP contribution is -1.90. The van der Waals surface area contributed by atoms with Crippen molar-refractivity contribution in [3.8, 4) is 0 Å². The highest BCUT2D eigenvalue weighted by Crippen LogP contribution is 2.12. The minimum Gasteiger partial charge on any atom is -0.256 e. The molecule has 0 saturated carbocycles. The van der Waals surface area contributed by atoms with Crippen LogP contribution in [0.15, 0.2) is 41.5 Å². The van der Waals surface area contributed by atoms with Gasteiger partial charge in [0.15, 0.2) is 0 Å². The lowest BCUT2D eigenvalue weighted by Gasteiger charge is -2.00. The molecule has 1 aromatic heterocycles. The van der Waals surface area contributed by atoms with E-state index in [4.69, 9.17) is 0 Å². The number of hydrogen-bond donors (Lipinski definition) is 0. The van der Waals surface area contributed by atoms with Gasteiger partial charge in [-0.2, -0.15) is 0 Å². The van der Waals surface area contributed by atoms with Crippen molar-refractivity contribution in [3.05, 3.63) is 42.1 Å². The fraction of sp³-hybridized carbons (Fsp3) is 0.167. The summed E-state index contributed by atoms with van der Waals surface area (Å²) in [7, 11) is 0. The van der Waals surface area contributed by atoms with Gasteiger partial charge in [-0.3, -0.25) is 4.98 Å². The molecule has 1 heterocycles. The van der Waals surface area contributed by atoms with E-state index in [1.807, 2.05) is 30.5 Å². The molecule has 0 aliphatic rings. The molecule has 0 unspecified atom stereocenters. The van der Waals surface area contributed by atoms with Crippen LogP contribution in [0.25, 0.3) is 10.9 Å². The van der Waals surface area contributed by atoms with Crippen molar-refractivity contribution >= 4 is 17.0 Å². The average molecular weight is 198 g/mol. The van der Waals surface area contributed by atoms with Gasteiger partial charge in [-0.15, -0.1) is 0 Å². The van der Waals surface area contributed by atoms with E-state index in [0.717, 1.165) is 22.9 Å². The third-order valence-corrected chi connectivity index (χ3v) is 2.22. The monoisotopic (exact) mass is 198 g/mol. The van der Waals surface area contributed by atoms with E-state index in [1.54, 1.807) is 0 Å². The number of aliphatic imine (C=N–C) groups is 1. The number of benzene rings is 1. The highest BCUT2D eigenvalue weighted by atomic mass is 16.1. The normalized spacial score (nSPS) is 9.87. The standard InChI is InChI=1S/C12H10N2O/c15-9-13-6-5-10-7-11-3-1-2-4-12(11)14-8-10/h1-4,7-8H,5-6H2. The maximum Gasteiger partial charge on any atom is 0.234 e. The molecule has 2 rings (SSSR count). The Morgan fingerprint density at radius 2 is 2.20 bits per heavy atom. The summed E-state index contributed by atoms with van der Waals surface area (Å²) in [5.74, 6) is 0. The van der Waals surface area contributed by atoms with Gasteiger partial charge < -0.3 is 0 Å². The summed E-state index contributed by atoms with van der Waals surface area (Å²) in [6.45, 7) is 0.476. The first-order valence-corrected chi connectivity index (χ1v) is 4.77. The quantitative estimate of drug-likeness (QED) is 0.560. The van der Waals surface area contributed by atoms with Crippen LogP contribution >= 0.6 is 0 Å². The van der Waals surface area contributed by atoms with E-state index < -0.39 is 0 Å². The second-order valence-electron chi connectivity index (χ2n) is 3.26. The van der Waals surface area contributed by atoms with Gasteiger partial charge in [0.25, 0.3) is 0 Å². The van der Waals surface area contributed by atoms with Crippen molar-refractivity contribution < 1.29 is 4.79 Å². The highest BCUT2D eigenvalue weighted by Gasteiger charge is 1.96. The van der Waals surface area contributed by atoms with Gasteiger partial charge >= 0.3 is 0 Å². The molecule has 1 aromatic carbocycles. The molecule has 0 spiro atoms. The summed E-state index contributed by atoms with van der Waals surface area (Å²) >= 11 is 0. The first-order valence-electron chi connectivity index (χ1n) is 4.77. The van der Waals surface area contributed by atoms with Crippen LogP contribution in [0, 0.1) is 0 Å². The Kier molecular flexibility index (Phi) is 2.86. The lowest BCUT2D eigenvalue weighted by atomic mass is 10.1. The van der Waals surface area contributed by atoms with Crippen molar-refractivity contribution in [3.63, 3.8) is 0 Å². The number of carbonyl (C=O) groups excluding carboxylic acids is 1. The van der Waals surface area contributed by atoms with Gasteiger partial charge in [-0.05, 0) is 24.1 Å². The lowest BCUT2D eigenvalue weighted by molar-refractivity contribution is 0.563. The van der Waals surface area contributed by atoms with E-state index in [2.05, 4.69) is 16.0 Å². The van der Waals surface area contributed by atoms with Gasteiger partial charge in [0.05, 0.1) is 12.1 Å². The van der Waals surface area contributed by atoms with E-state index in [9.17, 15) is 4.79 Å². The largest absolute Gasteiger partial charge is 0.256 e. The Balaban J connectivity index is 2.26. The topological polar surface area (TPSA) is 42.3 Å². The first kappa shape index (κ1) is 9.56. The summed E-state index contributed by atoms with van der Waals surface area (Å²) in [6, 6.07) is 10.0. The number of fused-ring (bicyclic) bond motifs is 1. The molecule has 0 bridgehead atoms. The number of para-hydroxylation sites is 1. The van der Waals surface area contributed by atoms with E-state index >= 15 is 0 Å². The molecule has 3 heteroatoms. The predicted molar refractivity (Wildman–Crippen MR) is 58.4 cm³/mol. The Morgan fingerprint density at radius 1 is 1.33 bits per heavy atom. The first-order chi connectivity index (χ1) is 7.40. The number of aromatic nitrogens is 1. The van der Waals surface area contributed by atoms with Crippen LogP contribution in [0.5, 0.6) is 0 Å². The number of isocyanates is 1. The van der Waals surface area contributed by atoms with E-state index in [0.29, 0.717) is 6.54 Å². The molecule has 74 valence electrons. The maximum absolute atomic E-state index is 9.90. The molecule has 0 amide bonds. The molecule has 0 aliphatic carbocycles. The summed E-state index contributed by atoms with van der Waals surface area (Å²) in [5, 5.41) is 1.12. The molecule has 15 heavy (non-hydrogen) atoms.